The van der Waals surface area contributed by atoms with Crippen molar-refractivity contribution in [1.82, 2.24) is 19.9 Å². The number of benzene rings is 1. The highest BCUT2D eigenvalue weighted by Crippen LogP contribution is 2.16. The van der Waals surface area contributed by atoms with E-state index in [-0.39, 0.29) is 12.5 Å². The van der Waals surface area contributed by atoms with E-state index in [0.29, 0.717) is 12.3 Å². The molecule has 0 spiro atoms. The molecule has 0 aliphatic carbocycles. The number of nitrogens with one attached hydrogen (secondary N) is 1. The Morgan fingerprint density at radius 1 is 1.12 bits per heavy atom. The number of aromatic nitrogens is 3. The average molecular weight is 352 g/mol. The SMILES string of the molecule is COc1ccc(OCC(=O)NCc2ccnc(-n3ccnc3C)c2)cc1. The molecule has 7 nitrogen and oxygen atoms in total. The zero-order chi connectivity index (χ0) is 18.4. The predicted molar refractivity (Wildman–Crippen MR) is 96.4 cm³/mol. The summed E-state index contributed by atoms with van der Waals surface area (Å²) in [5.74, 6) is 2.77. The summed E-state index contributed by atoms with van der Waals surface area (Å²) in [6, 6.07) is 10.9. The van der Waals surface area contributed by atoms with Crippen molar-refractivity contribution in [2.45, 2.75) is 13.5 Å². The summed E-state index contributed by atoms with van der Waals surface area (Å²) in [6.07, 6.45) is 5.29. The summed E-state index contributed by atoms with van der Waals surface area (Å²) in [5, 5.41) is 2.84. The molecule has 7 heteroatoms. The second-order valence-electron chi connectivity index (χ2n) is 5.61. The maximum absolute atomic E-state index is 12.0. The van der Waals surface area contributed by atoms with E-state index in [4.69, 9.17) is 9.47 Å². The molecule has 26 heavy (non-hydrogen) atoms. The van der Waals surface area contributed by atoms with E-state index in [1.165, 1.54) is 0 Å². The lowest BCUT2D eigenvalue weighted by molar-refractivity contribution is -0.123. The third-order valence-electron chi connectivity index (χ3n) is 3.80. The number of carbonyl (C=O) groups is 1. The van der Waals surface area contributed by atoms with Crippen molar-refractivity contribution in [2.75, 3.05) is 13.7 Å². The molecule has 0 bridgehead atoms. The van der Waals surface area contributed by atoms with Crippen molar-refractivity contribution in [3.63, 3.8) is 0 Å². The fourth-order valence-electron chi connectivity index (χ4n) is 2.39. The Bertz CT molecular complexity index is 875. The highest BCUT2D eigenvalue weighted by Gasteiger charge is 2.06. The van der Waals surface area contributed by atoms with Crippen molar-refractivity contribution in [1.29, 1.82) is 0 Å². The van der Waals surface area contributed by atoms with Gasteiger partial charge >= 0.3 is 0 Å². The van der Waals surface area contributed by atoms with E-state index in [9.17, 15) is 4.79 Å². The molecule has 3 rings (SSSR count). The molecule has 2 heterocycles. The highest BCUT2D eigenvalue weighted by molar-refractivity contribution is 5.77. The molecule has 0 aliphatic heterocycles. The smallest absolute Gasteiger partial charge is 0.258 e. The van der Waals surface area contributed by atoms with Gasteiger partial charge in [-0.1, -0.05) is 0 Å². The molecule has 1 N–H and O–H groups in total. The molecule has 0 aliphatic rings. The lowest BCUT2D eigenvalue weighted by Gasteiger charge is -2.09. The van der Waals surface area contributed by atoms with Gasteiger partial charge in [0.05, 0.1) is 7.11 Å². The minimum absolute atomic E-state index is 0.0507. The van der Waals surface area contributed by atoms with E-state index >= 15 is 0 Å². The normalized spacial score (nSPS) is 10.4. The van der Waals surface area contributed by atoms with Crippen molar-refractivity contribution in [3.05, 3.63) is 66.4 Å². The highest BCUT2D eigenvalue weighted by atomic mass is 16.5. The largest absolute Gasteiger partial charge is 0.497 e. The number of imidazole rings is 1. The number of pyridine rings is 1. The summed E-state index contributed by atoms with van der Waals surface area (Å²) in [5.41, 5.74) is 0.945. The summed E-state index contributed by atoms with van der Waals surface area (Å²) in [6.45, 7) is 2.26. The van der Waals surface area contributed by atoms with Crippen LogP contribution in [0.25, 0.3) is 5.82 Å². The third kappa shape index (κ3) is 4.38. The number of rotatable bonds is 7. The lowest BCUT2D eigenvalue weighted by Crippen LogP contribution is -2.28. The van der Waals surface area contributed by atoms with Gasteiger partial charge in [0.2, 0.25) is 0 Å². The lowest BCUT2D eigenvalue weighted by atomic mass is 10.2. The van der Waals surface area contributed by atoms with Crippen LogP contribution in [-0.4, -0.2) is 34.2 Å². The van der Waals surface area contributed by atoms with Crippen LogP contribution in [0.4, 0.5) is 0 Å². The molecule has 0 radical (unpaired) electrons. The molecule has 0 unspecified atom stereocenters. The maximum atomic E-state index is 12.0. The Morgan fingerprint density at radius 2 is 1.88 bits per heavy atom. The summed E-state index contributed by atoms with van der Waals surface area (Å²) >= 11 is 0. The second kappa shape index (κ2) is 8.15. The topological polar surface area (TPSA) is 78.3 Å². The molecule has 3 aromatic rings. The quantitative estimate of drug-likeness (QED) is 0.706. The zero-order valence-corrected chi connectivity index (χ0v) is 14.7. The van der Waals surface area contributed by atoms with Gasteiger partial charge in [-0.2, -0.15) is 0 Å². The number of hydrogen-bond acceptors (Lipinski definition) is 5. The van der Waals surface area contributed by atoms with Crippen LogP contribution < -0.4 is 14.8 Å². The molecule has 0 fully saturated rings. The summed E-state index contributed by atoms with van der Waals surface area (Å²) < 4.78 is 12.4. The number of aryl methyl sites for hydroxylation is 1. The van der Waals surface area contributed by atoms with E-state index in [0.717, 1.165) is 23.0 Å². The van der Waals surface area contributed by atoms with Crippen LogP contribution in [0, 0.1) is 6.92 Å². The van der Waals surface area contributed by atoms with E-state index < -0.39 is 0 Å². The van der Waals surface area contributed by atoms with Crippen LogP contribution in [0.5, 0.6) is 11.5 Å². The van der Waals surface area contributed by atoms with Crippen molar-refractivity contribution in [2.24, 2.45) is 0 Å². The summed E-state index contributed by atoms with van der Waals surface area (Å²) in [7, 11) is 1.60. The Hall–Kier alpha value is -3.35. The fraction of sp³-hybridized carbons (Fsp3) is 0.211. The number of nitrogens with zero attached hydrogens (tertiary/aromatic N) is 3. The molecule has 0 saturated heterocycles. The number of methoxy groups -OCH3 is 1. The third-order valence-corrected chi connectivity index (χ3v) is 3.80. The standard InChI is InChI=1S/C19H20N4O3/c1-14-20-9-10-23(14)18-11-15(7-8-21-18)12-22-19(24)13-26-17-5-3-16(25-2)4-6-17/h3-11H,12-13H2,1-2H3,(H,22,24). The first-order chi connectivity index (χ1) is 12.7. The first-order valence-corrected chi connectivity index (χ1v) is 8.14. The van der Waals surface area contributed by atoms with Gasteiger partial charge in [0.15, 0.2) is 6.61 Å². The molecule has 134 valence electrons. The van der Waals surface area contributed by atoms with Crippen LogP contribution in [0.1, 0.15) is 11.4 Å². The van der Waals surface area contributed by atoms with Gasteiger partial charge in [-0.05, 0) is 48.9 Å². The summed E-state index contributed by atoms with van der Waals surface area (Å²) in [4.78, 5) is 20.5. The van der Waals surface area contributed by atoms with Crippen molar-refractivity contribution in [3.8, 4) is 17.3 Å². The monoisotopic (exact) mass is 352 g/mol. The van der Waals surface area contributed by atoms with Gasteiger partial charge in [-0.3, -0.25) is 9.36 Å². The molecule has 1 amide bonds. The van der Waals surface area contributed by atoms with Gasteiger partial charge in [-0.25, -0.2) is 9.97 Å². The van der Waals surface area contributed by atoms with Gasteiger partial charge in [0.1, 0.15) is 23.1 Å². The van der Waals surface area contributed by atoms with E-state index in [1.807, 2.05) is 29.8 Å². The first-order valence-electron chi connectivity index (χ1n) is 8.14. The van der Waals surface area contributed by atoms with E-state index in [1.54, 1.807) is 43.8 Å². The minimum atomic E-state index is -0.196. The van der Waals surface area contributed by atoms with Crippen molar-refractivity contribution < 1.29 is 14.3 Å². The molecular weight excluding hydrogens is 332 g/mol. The van der Waals surface area contributed by atoms with Gasteiger partial charge in [0.25, 0.3) is 5.91 Å². The number of hydrogen-bond donors (Lipinski definition) is 1. The number of ether oxygens (including phenoxy) is 2. The molecule has 1 aromatic carbocycles. The molecule has 2 aromatic heterocycles. The first kappa shape index (κ1) is 17.5. The average Bonchev–Trinajstić information content (AvgIpc) is 3.11. The van der Waals surface area contributed by atoms with E-state index in [2.05, 4.69) is 15.3 Å². The molecule has 0 atom stereocenters. The number of amides is 1. The van der Waals surface area contributed by atoms with Gasteiger partial charge in [0, 0.05) is 25.1 Å². The predicted octanol–water partition coefficient (Wildman–Crippen LogP) is 2.28. The fourth-order valence-corrected chi connectivity index (χ4v) is 2.39. The Labute approximate surface area is 151 Å². The van der Waals surface area contributed by atoms with Crippen LogP contribution >= 0.6 is 0 Å². The number of carbonyl (C=O) groups excluding carboxylic acids is 1. The van der Waals surface area contributed by atoms with Crippen LogP contribution in [0.15, 0.2) is 55.0 Å². The minimum Gasteiger partial charge on any atom is -0.497 e. The van der Waals surface area contributed by atoms with Crippen LogP contribution in [-0.2, 0) is 11.3 Å². The van der Waals surface area contributed by atoms with Crippen molar-refractivity contribution >= 4 is 5.91 Å². The van der Waals surface area contributed by atoms with Gasteiger partial charge in [-0.15, -0.1) is 0 Å². The Morgan fingerprint density at radius 3 is 2.58 bits per heavy atom. The van der Waals surface area contributed by atoms with Gasteiger partial charge < -0.3 is 14.8 Å². The van der Waals surface area contributed by atoms with Crippen LogP contribution in [0.2, 0.25) is 0 Å². The maximum Gasteiger partial charge on any atom is 0.258 e. The Balaban J connectivity index is 1.52. The van der Waals surface area contributed by atoms with Crippen LogP contribution in [0.3, 0.4) is 0 Å². The molecular formula is C19H20N4O3. The zero-order valence-electron chi connectivity index (χ0n) is 14.7. The molecule has 0 saturated carbocycles. The second-order valence-corrected chi connectivity index (χ2v) is 5.61. The Kier molecular flexibility index (Phi) is 5.48.